The van der Waals surface area contributed by atoms with Crippen molar-refractivity contribution in [3.63, 3.8) is 0 Å². The minimum Gasteiger partial charge on any atom is -0.492 e. The second kappa shape index (κ2) is 6.98. The first-order valence-corrected chi connectivity index (χ1v) is 8.67. The third-order valence-corrected chi connectivity index (χ3v) is 4.78. The molecule has 120 valence electrons. The Balaban J connectivity index is 2.20. The summed E-state index contributed by atoms with van der Waals surface area (Å²) >= 11 is 0. The highest BCUT2D eigenvalue weighted by Crippen LogP contribution is 2.25. The molecule has 1 aromatic heterocycles. The van der Waals surface area contributed by atoms with E-state index in [0.29, 0.717) is 18.8 Å². The van der Waals surface area contributed by atoms with Gasteiger partial charge in [0, 0.05) is 6.04 Å². The van der Waals surface area contributed by atoms with Crippen molar-refractivity contribution in [3.05, 3.63) is 47.9 Å². The molecule has 22 heavy (non-hydrogen) atoms. The summed E-state index contributed by atoms with van der Waals surface area (Å²) in [4.78, 5) is 0.174. The van der Waals surface area contributed by atoms with Crippen molar-refractivity contribution in [2.24, 2.45) is 0 Å². The van der Waals surface area contributed by atoms with Gasteiger partial charge >= 0.3 is 0 Å². The number of sulfonamides is 1. The molecule has 6 heteroatoms. The highest BCUT2D eigenvalue weighted by molar-refractivity contribution is 7.89. The minimum absolute atomic E-state index is 0.174. The smallest absolute Gasteiger partial charge is 0.244 e. The Kier molecular flexibility index (Phi) is 5.26. The van der Waals surface area contributed by atoms with Crippen molar-refractivity contribution in [3.8, 4) is 5.75 Å². The third kappa shape index (κ3) is 4.11. The highest BCUT2D eigenvalue weighted by atomic mass is 32.2. The normalized spacial score (nSPS) is 13.0. The molecule has 1 N–H and O–H groups in total. The first-order chi connectivity index (χ1) is 10.4. The quantitative estimate of drug-likeness (QED) is 0.850. The zero-order valence-corrected chi connectivity index (χ0v) is 13.8. The van der Waals surface area contributed by atoms with Crippen LogP contribution in [0.25, 0.3) is 0 Å². The average Bonchev–Trinajstić information content (AvgIpc) is 2.93. The summed E-state index contributed by atoms with van der Waals surface area (Å²) < 4.78 is 38.3. The Hall–Kier alpha value is -1.79. The summed E-state index contributed by atoms with van der Waals surface area (Å²) in [5, 5.41) is 0. The summed E-state index contributed by atoms with van der Waals surface area (Å²) in [6, 6.07) is 6.71. The first kappa shape index (κ1) is 16.6. The maximum atomic E-state index is 12.6. The van der Waals surface area contributed by atoms with Gasteiger partial charge in [-0.25, -0.2) is 13.1 Å². The van der Waals surface area contributed by atoms with Crippen molar-refractivity contribution in [1.82, 2.24) is 4.72 Å². The molecule has 0 radical (unpaired) electrons. The van der Waals surface area contributed by atoms with Crippen LogP contribution >= 0.6 is 0 Å². The Morgan fingerprint density at radius 1 is 1.32 bits per heavy atom. The summed E-state index contributed by atoms with van der Waals surface area (Å²) in [6.07, 6.45) is 3.75. The van der Waals surface area contributed by atoms with Gasteiger partial charge in [-0.05, 0) is 56.5 Å². The summed E-state index contributed by atoms with van der Waals surface area (Å²) in [5.74, 6) is 0.371. The lowest BCUT2D eigenvalue weighted by molar-refractivity contribution is 0.330. The molecule has 1 aromatic carbocycles. The molecule has 0 aliphatic carbocycles. The van der Waals surface area contributed by atoms with Crippen LogP contribution in [0.2, 0.25) is 0 Å². The Morgan fingerprint density at radius 2 is 2.09 bits per heavy atom. The van der Waals surface area contributed by atoms with Crippen LogP contribution in [0.1, 0.15) is 25.0 Å². The van der Waals surface area contributed by atoms with Gasteiger partial charge in [-0.2, -0.15) is 0 Å². The fraction of sp³-hybridized carbons (Fsp3) is 0.375. The maximum absolute atomic E-state index is 12.6. The van der Waals surface area contributed by atoms with Crippen LogP contribution in [0.15, 0.2) is 46.1 Å². The van der Waals surface area contributed by atoms with Gasteiger partial charge in [0.25, 0.3) is 0 Å². The third-order valence-electron chi connectivity index (χ3n) is 3.17. The van der Waals surface area contributed by atoms with Crippen LogP contribution in [-0.4, -0.2) is 21.1 Å². The van der Waals surface area contributed by atoms with Crippen LogP contribution in [0.5, 0.6) is 5.75 Å². The van der Waals surface area contributed by atoms with E-state index in [2.05, 4.69) is 4.72 Å². The van der Waals surface area contributed by atoms with Crippen LogP contribution in [-0.2, 0) is 16.4 Å². The van der Waals surface area contributed by atoms with Crippen molar-refractivity contribution >= 4 is 10.0 Å². The Morgan fingerprint density at radius 3 is 2.73 bits per heavy atom. The molecule has 0 aliphatic rings. The lowest BCUT2D eigenvalue weighted by Crippen LogP contribution is -2.34. The molecular weight excluding hydrogens is 302 g/mol. The number of nitrogens with one attached hydrogen (secondary N) is 1. The Bertz CT molecular complexity index is 708. The number of furan rings is 1. The molecule has 0 amide bonds. The standard InChI is InChI=1S/C16H21NO4S/c1-4-21-15-6-5-12(2)9-16(15)22(18,19)17-13(3)10-14-7-8-20-11-14/h5-9,11,13,17H,4,10H2,1-3H3. The van der Waals surface area contributed by atoms with Gasteiger partial charge < -0.3 is 9.15 Å². The van der Waals surface area contributed by atoms with Crippen molar-refractivity contribution < 1.29 is 17.6 Å². The van der Waals surface area contributed by atoms with E-state index < -0.39 is 10.0 Å². The molecule has 1 heterocycles. The van der Waals surface area contributed by atoms with Gasteiger partial charge in [0.05, 0.1) is 19.1 Å². The lowest BCUT2D eigenvalue weighted by Gasteiger charge is -2.16. The van der Waals surface area contributed by atoms with Crippen molar-refractivity contribution in [2.45, 2.75) is 38.1 Å². The van der Waals surface area contributed by atoms with Gasteiger partial charge in [0.2, 0.25) is 10.0 Å². The molecule has 2 rings (SSSR count). The second-order valence-electron chi connectivity index (χ2n) is 5.24. The molecule has 0 spiro atoms. The van der Waals surface area contributed by atoms with Gasteiger partial charge in [-0.1, -0.05) is 6.07 Å². The summed E-state index contributed by atoms with van der Waals surface area (Å²) in [7, 11) is -3.64. The first-order valence-electron chi connectivity index (χ1n) is 7.19. The van der Waals surface area contributed by atoms with Crippen molar-refractivity contribution in [1.29, 1.82) is 0 Å². The van der Waals surface area contributed by atoms with E-state index in [1.54, 1.807) is 24.7 Å². The van der Waals surface area contributed by atoms with E-state index in [0.717, 1.165) is 11.1 Å². The van der Waals surface area contributed by atoms with Gasteiger partial charge in [-0.15, -0.1) is 0 Å². The van der Waals surface area contributed by atoms with Gasteiger partial charge in [0.1, 0.15) is 10.6 Å². The summed E-state index contributed by atoms with van der Waals surface area (Å²) in [6.45, 7) is 5.91. The van der Waals surface area contributed by atoms with E-state index in [1.807, 2.05) is 32.9 Å². The average molecular weight is 323 g/mol. The van der Waals surface area contributed by atoms with Crippen LogP contribution in [0, 0.1) is 6.92 Å². The topological polar surface area (TPSA) is 68.5 Å². The maximum Gasteiger partial charge on any atom is 0.244 e. The number of ether oxygens (including phenoxy) is 1. The number of aryl methyl sites for hydroxylation is 1. The largest absolute Gasteiger partial charge is 0.492 e. The number of benzene rings is 1. The van der Waals surface area contributed by atoms with Gasteiger partial charge in [-0.3, -0.25) is 0 Å². The molecule has 1 unspecified atom stereocenters. The molecule has 0 bridgehead atoms. The fourth-order valence-electron chi connectivity index (χ4n) is 2.23. The molecule has 1 atom stereocenters. The minimum atomic E-state index is -3.64. The zero-order valence-electron chi connectivity index (χ0n) is 13.0. The Labute approximate surface area is 131 Å². The number of hydrogen-bond donors (Lipinski definition) is 1. The second-order valence-corrected chi connectivity index (χ2v) is 6.92. The predicted octanol–water partition coefficient (Wildman–Crippen LogP) is 2.90. The molecule has 0 fully saturated rings. The molecule has 2 aromatic rings. The van der Waals surface area contributed by atoms with Crippen LogP contribution in [0.3, 0.4) is 0 Å². The molecular formula is C16H21NO4S. The summed E-state index contributed by atoms with van der Waals surface area (Å²) in [5.41, 5.74) is 1.82. The van der Waals surface area contributed by atoms with E-state index in [1.165, 1.54) is 0 Å². The monoisotopic (exact) mass is 323 g/mol. The van der Waals surface area contributed by atoms with E-state index in [-0.39, 0.29) is 10.9 Å². The number of rotatable bonds is 7. The molecule has 0 saturated heterocycles. The molecule has 5 nitrogen and oxygen atoms in total. The SMILES string of the molecule is CCOc1ccc(C)cc1S(=O)(=O)NC(C)Cc1ccoc1. The lowest BCUT2D eigenvalue weighted by atomic mass is 10.1. The predicted molar refractivity (Wildman–Crippen MR) is 84.5 cm³/mol. The van der Waals surface area contributed by atoms with E-state index >= 15 is 0 Å². The van der Waals surface area contributed by atoms with Gasteiger partial charge in [0.15, 0.2) is 0 Å². The van der Waals surface area contributed by atoms with Crippen molar-refractivity contribution in [2.75, 3.05) is 6.61 Å². The molecule has 0 aliphatic heterocycles. The fourth-order valence-corrected chi connectivity index (χ4v) is 3.71. The van der Waals surface area contributed by atoms with E-state index in [9.17, 15) is 8.42 Å². The number of hydrogen-bond acceptors (Lipinski definition) is 4. The zero-order chi connectivity index (χ0) is 16.2. The van der Waals surface area contributed by atoms with E-state index in [4.69, 9.17) is 9.15 Å². The highest BCUT2D eigenvalue weighted by Gasteiger charge is 2.22. The van der Waals surface area contributed by atoms with Crippen LogP contribution in [0.4, 0.5) is 0 Å². The van der Waals surface area contributed by atoms with Crippen LogP contribution < -0.4 is 9.46 Å². The molecule has 0 saturated carbocycles.